The molecule has 4 heteroatoms. The predicted molar refractivity (Wildman–Crippen MR) is 133 cm³/mol. The lowest BCUT2D eigenvalue weighted by Crippen LogP contribution is -2.53. The number of hydrogen-bond acceptors (Lipinski definition) is 3. The van der Waals surface area contributed by atoms with Crippen LogP contribution in [0, 0.1) is 0 Å². The second-order valence-corrected chi connectivity index (χ2v) is 8.21. The van der Waals surface area contributed by atoms with Crippen molar-refractivity contribution in [2.45, 2.75) is 18.0 Å². The second-order valence-electron chi connectivity index (χ2n) is 8.21. The van der Waals surface area contributed by atoms with Gasteiger partial charge in [-0.25, -0.2) is 4.68 Å². The van der Waals surface area contributed by atoms with Crippen molar-refractivity contribution < 1.29 is 0 Å². The predicted octanol–water partition coefficient (Wildman–Crippen LogP) is 5.31. The lowest BCUT2D eigenvalue weighted by molar-refractivity contribution is 0.307. The van der Waals surface area contributed by atoms with E-state index in [1.807, 2.05) is 59.4 Å². The van der Waals surface area contributed by atoms with Gasteiger partial charge >= 0.3 is 0 Å². The molecule has 162 valence electrons. The highest BCUT2D eigenvalue weighted by atomic mass is 15.5. The van der Waals surface area contributed by atoms with E-state index in [2.05, 4.69) is 83.1 Å². The molecule has 0 spiro atoms. The van der Waals surface area contributed by atoms with Gasteiger partial charge in [-0.05, 0) is 23.1 Å². The maximum Gasteiger partial charge on any atom is 0.130 e. The average Bonchev–Trinajstić information content (AvgIpc) is 3.38. The minimum atomic E-state index is -0.738. The van der Waals surface area contributed by atoms with Crippen LogP contribution in [-0.4, -0.2) is 21.0 Å². The van der Waals surface area contributed by atoms with E-state index in [0.29, 0.717) is 6.42 Å². The first-order valence-electron chi connectivity index (χ1n) is 11.2. The standard InChI is InChI=1S/C29H26N4/c30-28(21-23-13-5-1-6-14-23)29(25-17-9-3-10-18-25,26-19-11-4-12-20-26)33-22-27(31-32-33)24-15-7-2-8-16-24/h1-20,22,28H,21,30H2/t28-/m0/s1. The Morgan fingerprint density at radius 1 is 0.667 bits per heavy atom. The van der Waals surface area contributed by atoms with Gasteiger partial charge in [0.05, 0.1) is 6.20 Å². The summed E-state index contributed by atoms with van der Waals surface area (Å²) in [5.74, 6) is 0. The largest absolute Gasteiger partial charge is 0.325 e. The normalized spacial score (nSPS) is 12.4. The van der Waals surface area contributed by atoms with E-state index in [4.69, 9.17) is 5.73 Å². The molecule has 1 atom stereocenters. The van der Waals surface area contributed by atoms with Gasteiger partial charge in [-0.15, -0.1) is 5.10 Å². The molecule has 0 aliphatic rings. The average molecular weight is 431 g/mol. The van der Waals surface area contributed by atoms with Crippen LogP contribution in [0.2, 0.25) is 0 Å². The molecular formula is C29H26N4. The van der Waals surface area contributed by atoms with Crippen LogP contribution in [0.5, 0.6) is 0 Å². The van der Waals surface area contributed by atoms with E-state index in [1.165, 1.54) is 5.56 Å². The molecule has 4 nitrogen and oxygen atoms in total. The summed E-state index contributed by atoms with van der Waals surface area (Å²) in [6.07, 6.45) is 2.70. The molecule has 0 saturated carbocycles. The third-order valence-corrected chi connectivity index (χ3v) is 6.19. The first-order valence-corrected chi connectivity index (χ1v) is 11.2. The van der Waals surface area contributed by atoms with Gasteiger partial charge in [0.2, 0.25) is 0 Å². The van der Waals surface area contributed by atoms with Crippen molar-refractivity contribution >= 4 is 0 Å². The molecule has 5 rings (SSSR count). The number of nitrogens with zero attached hydrogens (tertiary/aromatic N) is 3. The number of nitrogens with two attached hydrogens (primary N) is 1. The maximum absolute atomic E-state index is 7.14. The Labute approximate surface area is 194 Å². The summed E-state index contributed by atoms with van der Waals surface area (Å²) in [5, 5.41) is 9.22. The SMILES string of the molecule is N[C@@H](Cc1ccccc1)C(c1ccccc1)(c1ccccc1)n1cc(-c2ccccc2)nn1. The van der Waals surface area contributed by atoms with Crippen LogP contribution in [0.15, 0.2) is 128 Å². The molecule has 0 unspecified atom stereocenters. The monoisotopic (exact) mass is 430 g/mol. The highest BCUT2D eigenvalue weighted by Gasteiger charge is 2.43. The number of hydrogen-bond donors (Lipinski definition) is 1. The molecule has 4 aromatic carbocycles. The van der Waals surface area contributed by atoms with Gasteiger partial charge in [-0.2, -0.15) is 0 Å². The van der Waals surface area contributed by atoms with Crippen molar-refractivity contribution in [2.75, 3.05) is 0 Å². The maximum atomic E-state index is 7.14. The summed E-state index contributed by atoms with van der Waals surface area (Å²) in [6.45, 7) is 0. The third kappa shape index (κ3) is 3.97. The minimum Gasteiger partial charge on any atom is -0.325 e. The number of benzene rings is 4. The zero-order valence-electron chi connectivity index (χ0n) is 18.3. The fourth-order valence-corrected chi connectivity index (χ4v) is 4.61. The third-order valence-electron chi connectivity index (χ3n) is 6.19. The molecule has 2 N–H and O–H groups in total. The second kappa shape index (κ2) is 9.23. The van der Waals surface area contributed by atoms with Crippen LogP contribution < -0.4 is 5.73 Å². The molecule has 1 aromatic heterocycles. The van der Waals surface area contributed by atoms with Gasteiger partial charge < -0.3 is 5.73 Å². The van der Waals surface area contributed by atoms with Crippen molar-refractivity contribution in [3.63, 3.8) is 0 Å². The summed E-state index contributed by atoms with van der Waals surface area (Å²) in [5.41, 5.74) is 11.6. The summed E-state index contributed by atoms with van der Waals surface area (Å²) >= 11 is 0. The first-order chi connectivity index (χ1) is 16.3. The smallest absolute Gasteiger partial charge is 0.130 e. The van der Waals surface area contributed by atoms with Crippen LogP contribution in [0.1, 0.15) is 16.7 Å². The van der Waals surface area contributed by atoms with E-state index in [1.54, 1.807) is 0 Å². The molecule has 0 aliphatic heterocycles. The van der Waals surface area contributed by atoms with Gasteiger partial charge in [-0.3, -0.25) is 0 Å². The van der Waals surface area contributed by atoms with Gasteiger partial charge in [0.25, 0.3) is 0 Å². The molecule has 5 aromatic rings. The van der Waals surface area contributed by atoms with Crippen LogP contribution in [0.25, 0.3) is 11.3 Å². The quantitative estimate of drug-likeness (QED) is 0.381. The topological polar surface area (TPSA) is 56.7 Å². The summed E-state index contributed by atoms with van der Waals surface area (Å²) in [6, 6.07) is 41.0. The molecule has 0 radical (unpaired) electrons. The molecule has 1 heterocycles. The van der Waals surface area contributed by atoms with Crippen LogP contribution in [0.3, 0.4) is 0 Å². The fraction of sp³-hybridized carbons (Fsp3) is 0.103. The van der Waals surface area contributed by atoms with E-state index in [-0.39, 0.29) is 6.04 Å². The Hall–Kier alpha value is -4.02. The lowest BCUT2D eigenvalue weighted by Gasteiger charge is -2.40. The Balaban J connectivity index is 1.72. The van der Waals surface area contributed by atoms with Gasteiger partial charge in [-0.1, -0.05) is 127 Å². The molecule has 0 saturated heterocycles. The van der Waals surface area contributed by atoms with Gasteiger partial charge in [0, 0.05) is 11.6 Å². The molecule has 0 aliphatic carbocycles. The van der Waals surface area contributed by atoms with E-state index in [0.717, 1.165) is 22.4 Å². The van der Waals surface area contributed by atoms with Gasteiger partial charge in [0.15, 0.2) is 0 Å². The van der Waals surface area contributed by atoms with Crippen molar-refractivity contribution in [1.82, 2.24) is 15.0 Å². The molecule has 0 fully saturated rings. The Bertz CT molecular complexity index is 1240. The Morgan fingerprint density at radius 3 is 1.70 bits per heavy atom. The van der Waals surface area contributed by atoms with Crippen LogP contribution in [0.4, 0.5) is 0 Å². The minimum absolute atomic E-state index is 0.296. The molecule has 0 amide bonds. The van der Waals surface area contributed by atoms with E-state index in [9.17, 15) is 0 Å². The lowest BCUT2D eigenvalue weighted by atomic mass is 9.75. The van der Waals surface area contributed by atoms with Crippen LogP contribution >= 0.6 is 0 Å². The fourth-order valence-electron chi connectivity index (χ4n) is 4.61. The van der Waals surface area contributed by atoms with Crippen molar-refractivity contribution in [2.24, 2.45) is 5.73 Å². The zero-order valence-corrected chi connectivity index (χ0v) is 18.3. The Kier molecular flexibility index (Phi) is 5.83. The highest BCUT2D eigenvalue weighted by Crippen LogP contribution is 2.38. The number of rotatable bonds is 7. The number of aromatic nitrogens is 3. The van der Waals surface area contributed by atoms with E-state index < -0.39 is 5.54 Å². The summed E-state index contributed by atoms with van der Waals surface area (Å²) in [4.78, 5) is 0. The van der Waals surface area contributed by atoms with Gasteiger partial charge in [0.1, 0.15) is 11.2 Å². The molecular weight excluding hydrogens is 404 g/mol. The highest BCUT2D eigenvalue weighted by molar-refractivity contribution is 5.57. The first kappa shape index (κ1) is 20.9. The summed E-state index contributed by atoms with van der Waals surface area (Å²) in [7, 11) is 0. The summed E-state index contributed by atoms with van der Waals surface area (Å²) < 4.78 is 1.95. The van der Waals surface area contributed by atoms with Crippen molar-refractivity contribution in [1.29, 1.82) is 0 Å². The zero-order chi connectivity index (χ0) is 22.5. The molecule has 33 heavy (non-hydrogen) atoms. The van der Waals surface area contributed by atoms with Crippen LogP contribution in [-0.2, 0) is 12.0 Å². The molecule has 0 bridgehead atoms. The van der Waals surface area contributed by atoms with Crippen molar-refractivity contribution in [3.8, 4) is 11.3 Å². The van der Waals surface area contributed by atoms with E-state index >= 15 is 0 Å². The Morgan fingerprint density at radius 2 is 1.15 bits per heavy atom. The van der Waals surface area contributed by atoms with Crippen molar-refractivity contribution in [3.05, 3.63) is 144 Å².